The van der Waals surface area contributed by atoms with E-state index in [1.165, 1.54) is 17.5 Å². The van der Waals surface area contributed by atoms with E-state index in [0.717, 1.165) is 25.9 Å². The molecular formula is C20H23N3O4S3. The summed E-state index contributed by atoms with van der Waals surface area (Å²) in [5.41, 5.74) is 0.902. The van der Waals surface area contributed by atoms with Gasteiger partial charge in [0.1, 0.15) is 14.9 Å². The summed E-state index contributed by atoms with van der Waals surface area (Å²) in [6, 6.07) is 6.46. The molecule has 1 aliphatic carbocycles. The summed E-state index contributed by atoms with van der Waals surface area (Å²) in [7, 11) is -4.41. The molecule has 0 bridgehead atoms. The van der Waals surface area contributed by atoms with Crippen LogP contribution >= 0.6 is 11.3 Å². The Morgan fingerprint density at radius 2 is 1.90 bits per heavy atom. The molecular weight excluding hydrogens is 442 g/mol. The van der Waals surface area contributed by atoms with Crippen LogP contribution < -0.4 is 0 Å². The number of aromatic nitrogens is 1. The number of thiazole rings is 1. The van der Waals surface area contributed by atoms with Crippen molar-refractivity contribution in [1.29, 1.82) is 0 Å². The largest absolute Gasteiger partial charge is 0.296 e. The van der Waals surface area contributed by atoms with Crippen LogP contribution in [0.25, 0.3) is 0 Å². The molecule has 7 nitrogen and oxygen atoms in total. The van der Waals surface area contributed by atoms with Crippen molar-refractivity contribution in [1.82, 2.24) is 9.99 Å². The van der Waals surface area contributed by atoms with E-state index in [-0.39, 0.29) is 22.3 Å². The number of sulfone groups is 1. The molecule has 2 fully saturated rings. The van der Waals surface area contributed by atoms with Crippen molar-refractivity contribution < 1.29 is 17.4 Å². The number of nitrogens with zero attached hydrogens (tertiary/aromatic N) is 3. The number of carbonyl (C=O) groups is 1. The number of hydrogen-bond acceptors (Lipinski definition) is 8. The molecule has 0 spiro atoms. The topological polar surface area (TPSA) is 96.8 Å². The molecule has 1 atom stereocenters. The third-order valence-corrected chi connectivity index (χ3v) is 9.83. The van der Waals surface area contributed by atoms with Gasteiger partial charge >= 0.3 is 0 Å². The van der Waals surface area contributed by atoms with Crippen LogP contribution in [0.1, 0.15) is 36.3 Å². The van der Waals surface area contributed by atoms with Crippen LogP contribution in [-0.2, 0) is 31.9 Å². The maximum absolute atomic E-state index is 13.1. The zero-order valence-corrected chi connectivity index (χ0v) is 19.1. The van der Waals surface area contributed by atoms with E-state index < -0.39 is 20.6 Å². The Morgan fingerprint density at radius 1 is 1.23 bits per heavy atom. The molecule has 1 aliphatic heterocycles. The first-order chi connectivity index (χ1) is 14.3. The molecule has 10 heteroatoms. The second kappa shape index (κ2) is 8.68. The molecule has 160 valence electrons. The van der Waals surface area contributed by atoms with Crippen LogP contribution in [-0.4, -0.2) is 58.7 Å². The smallest absolute Gasteiger partial charge is 0.190 e. The van der Waals surface area contributed by atoms with Gasteiger partial charge < -0.3 is 0 Å². The maximum atomic E-state index is 13.1. The second-order valence-corrected chi connectivity index (χ2v) is 12.5. The SMILES string of the molecule is CS(=O)c1cnc(CC(=O)/C(=N/N2CCCC2)c2ccc(S(=O)(=O)C3CC3)cc2)s1. The number of ketones is 1. The lowest BCUT2D eigenvalue weighted by atomic mass is 10.0. The van der Waals surface area contributed by atoms with Gasteiger partial charge in [-0.2, -0.15) is 5.10 Å². The standard InChI is InChI=1S/C20H23N3O4S3/c1-29(25)19-13-21-18(28-19)12-17(24)20(22-23-10-2-3-11-23)14-4-6-15(7-5-14)30(26,27)16-8-9-16/h4-7,13,16H,2-3,8-12H2,1H3/b22-20+. The highest BCUT2D eigenvalue weighted by Gasteiger charge is 2.36. The van der Waals surface area contributed by atoms with Gasteiger partial charge in [0, 0.05) is 24.9 Å². The molecule has 1 saturated carbocycles. The Balaban J connectivity index is 1.60. The number of hydrogen-bond donors (Lipinski definition) is 0. The van der Waals surface area contributed by atoms with Gasteiger partial charge in [-0.15, -0.1) is 11.3 Å². The van der Waals surface area contributed by atoms with Crippen molar-refractivity contribution >= 4 is 43.5 Å². The molecule has 4 rings (SSSR count). The van der Waals surface area contributed by atoms with Gasteiger partial charge in [0.25, 0.3) is 0 Å². The highest BCUT2D eigenvalue weighted by Crippen LogP contribution is 2.33. The first-order valence-electron chi connectivity index (χ1n) is 9.84. The summed E-state index contributed by atoms with van der Waals surface area (Å²) in [6.45, 7) is 1.59. The molecule has 0 amide bonds. The summed E-state index contributed by atoms with van der Waals surface area (Å²) < 4.78 is 37.1. The molecule has 1 saturated heterocycles. The predicted octanol–water partition coefficient (Wildman–Crippen LogP) is 2.43. The van der Waals surface area contributed by atoms with E-state index in [9.17, 15) is 17.4 Å². The zero-order chi connectivity index (χ0) is 21.3. The number of carbonyl (C=O) groups excluding carboxylic acids is 1. The maximum Gasteiger partial charge on any atom is 0.190 e. The van der Waals surface area contributed by atoms with Crippen LogP contribution in [0, 0.1) is 0 Å². The fourth-order valence-corrected chi connectivity index (χ4v) is 6.58. The summed E-state index contributed by atoms with van der Waals surface area (Å²) in [5.74, 6) is -0.192. The van der Waals surface area contributed by atoms with E-state index in [4.69, 9.17) is 0 Å². The Kier molecular flexibility index (Phi) is 6.17. The van der Waals surface area contributed by atoms with Crippen LogP contribution in [0.2, 0.25) is 0 Å². The minimum absolute atomic E-state index is 0.0661. The summed E-state index contributed by atoms with van der Waals surface area (Å²) in [5, 5.41) is 6.79. The minimum atomic E-state index is -3.28. The summed E-state index contributed by atoms with van der Waals surface area (Å²) in [4.78, 5) is 17.6. The lowest BCUT2D eigenvalue weighted by Gasteiger charge is -2.14. The number of Topliss-reactive ketones (excluding diaryl/α,β-unsaturated/α-hetero) is 1. The van der Waals surface area contributed by atoms with Crippen molar-refractivity contribution in [2.24, 2.45) is 5.10 Å². The Labute approximate surface area is 182 Å². The molecule has 1 unspecified atom stereocenters. The van der Waals surface area contributed by atoms with Crippen molar-refractivity contribution in [3.63, 3.8) is 0 Å². The van der Waals surface area contributed by atoms with Crippen molar-refractivity contribution in [3.05, 3.63) is 41.0 Å². The predicted molar refractivity (Wildman–Crippen MR) is 117 cm³/mol. The highest BCUT2D eigenvalue weighted by molar-refractivity contribution is 7.92. The normalized spacial score (nSPS) is 18.6. The van der Waals surface area contributed by atoms with Gasteiger partial charge in [-0.1, -0.05) is 12.1 Å². The van der Waals surface area contributed by atoms with Crippen LogP contribution in [0.4, 0.5) is 0 Å². The van der Waals surface area contributed by atoms with Gasteiger partial charge in [-0.3, -0.25) is 14.0 Å². The fourth-order valence-electron chi connectivity index (χ4n) is 3.32. The first kappa shape index (κ1) is 21.3. The van der Waals surface area contributed by atoms with Crippen LogP contribution in [0.5, 0.6) is 0 Å². The van der Waals surface area contributed by atoms with Gasteiger partial charge in [0.2, 0.25) is 0 Å². The third-order valence-electron chi connectivity index (χ3n) is 5.13. The minimum Gasteiger partial charge on any atom is -0.296 e. The Hall–Kier alpha value is -1.91. The third kappa shape index (κ3) is 4.70. The number of hydrazone groups is 1. The van der Waals surface area contributed by atoms with Gasteiger partial charge in [-0.25, -0.2) is 13.4 Å². The average molecular weight is 466 g/mol. The highest BCUT2D eigenvalue weighted by atomic mass is 32.2. The summed E-state index contributed by atoms with van der Waals surface area (Å²) in [6.07, 6.45) is 6.67. The lowest BCUT2D eigenvalue weighted by molar-refractivity contribution is -0.112. The molecule has 30 heavy (non-hydrogen) atoms. The molecule has 1 aromatic carbocycles. The van der Waals surface area contributed by atoms with Crippen molar-refractivity contribution in [3.8, 4) is 0 Å². The summed E-state index contributed by atoms with van der Waals surface area (Å²) >= 11 is 1.26. The van der Waals surface area contributed by atoms with Crippen molar-refractivity contribution in [2.75, 3.05) is 19.3 Å². The van der Waals surface area contributed by atoms with Gasteiger partial charge in [0.05, 0.1) is 33.6 Å². The Bertz CT molecular complexity index is 1100. The monoisotopic (exact) mass is 465 g/mol. The Morgan fingerprint density at radius 3 is 2.47 bits per heavy atom. The van der Waals surface area contributed by atoms with E-state index in [2.05, 4.69) is 10.1 Å². The zero-order valence-electron chi connectivity index (χ0n) is 16.6. The van der Waals surface area contributed by atoms with E-state index in [1.54, 1.807) is 30.5 Å². The second-order valence-electron chi connectivity index (χ2n) is 7.51. The molecule has 0 radical (unpaired) electrons. The van der Waals surface area contributed by atoms with E-state index >= 15 is 0 Å². The average Bonchev–Trinajstić information content (AvgIpc) is 3.27. The van der Waals surface area contributed by atoms with Crippen LogP contribution in [0.15, 0.2) is 44.7 Å². The van der Waals surface area contributed by atoms with Crippen molar-refractivity contribution in [2.45, 2.75) is 46.5 Å². The molecule has 2 aromatic rings. The van der Waals surface area contributed by atoms with Gasteiger partial charge in [0.15, 0.2) is 15.6 Å². The van der Waals surface area contributed by atoms with E-state index in [0.29, 0.717) is 33.3 Å². The molecule has 1 aromatic heterocycles. The number of benzene rings is 1. The number of rotatable bonds is 8. The van der Waals surface area contributed by atoms with Crippen LogP contribution in [0.3, 0.4) is 0 Å². The van der Waals surface area contributed by atoms with Gasteiger partial charge in [-0.05, 0) is 37.8 Å². The molecule has 2 aliphatic rings. The fraction of sp³-hybridized carbons (Fsp3) is 0.450. The quantitative estimate of drug-likeness (QED) is 0.556. The molecule has 0 N–H and O–H groups in total. The van der Waals surface area contributed by atoms with E-state index in [1.807, 2.05) is 5.01 Å². The first-order valence-corrected chi connectivity index (χ1v) is 13.8. The molecule has 2 heterocycles. The lowest BCUT2D eigenvalue weighted by Crippen LogP contribution is -2.23.